The summed E-state index contributed by atoms with van der Waals surface area (Å²) in [6.07, 6.45) is 5.09. The zero-order chi connectivity index (χ0) is 17.5. The number of benzene rings is 1. The number of amides is 1. The lowest BCUT2D eigenvalue weighted by molar-refractivity contribution is -0.121. The molecule has 0 aliphatic heterocycles. The number of hydrogen-bond donors (Lipinski definition) is 1. The highest BCUT2D eigenvalue weighted by atomic mass is 16.1. The zero-order valence-corrected chi connectivity index (χ0v) is 15.3. The van der Waals surface area contributed by atoms with E-state index in [0.29, 0.717) is 6.42 Å². The fourth-order valence-electron chi connectivity index (χ4n) is 2.93. The van der Waals surface area contributed by atoms with Crippen LogP contribution in [0.15, 0.2) is 30.3 Å². The van der Waals surface area contributed by atoms with Gasteiger partial charge in [-0.15, -0.1) is 0 Å². The van der Waals surface area contributed by atoms with Gasteiger partial charge in [0, 0.05) is 11.7 Å². The Morgan fingerprint density at radius 2 is 1.92 bits per heavy atom. The maximum absolute atomic E-state index is 12.1. The normalized spacial score (nSPS) is 12.2. The molecular weight excluding hydrogens is 298 g/mol. The lowest BCUT2D eigenvalue weighted by atomic mass is 10.1. The van der Waals surface area contributed by atoms with E-state index >= 15 is 0 Å². The third-order valence-corrected chi connectivity index (χ3v) is 4.20. The standard InChI is InChI=1S/C20H29N3O/c1-5-6-7-8-15(2)21-20(24)14-18-9-11-19(12-10-18)23-17(4)13-16(3)22-23/h9-13,15H,5-8,14H2,1-4H3,(H,21,24)/t15-/m1/s1. The van der Waals surface area contributed by atoms with E-state index in [-0.39, 0.29) is 11.9 Å². The fourth-order valence-corrected chi connectivity index (χ4v) is 2.93. The molecule has 0 fully saturated rings. The number of hydrogen-bond acceptors (Lipinski definition) is 2. The summed E-state index contributed by atoms with van der Waals surface area (Å²) in [5, 5.41) is 7.57. The van der Waals surface area contributed by atoms with Gasteiger partial charge in [0.25, 0.3) is 0 Å². The fraction of sp³-hybridized carbons (Fsp3) is 0.500. The second kappa shape index (κ2) is 8.67. The molecule has 130 valence electrons. The molecule has 0 saturated carbocycles. The topological polar surface area (TPSA) is 46.9 Å². The minimum atomic E-state index is 0.0952. The first-order valence-electron chi connectivity index (χ1n) is 8.91. The second-order valence-electron chi connectivity index (χ2n) is 6.65. The van der Waals surface area contributed by atoms with Crippen LogP contribution < -0.4 is 5.32 Å². The van der Waals surface area contributed by atoms with E-state index in [2.05, 4.69) is 30.3 Å². The molecule has 0 aliphatic carbocycles. The van der Waals surface area contributed by atoms with Gasteiger partial charge in [0.1, 0.15) is 0 Å². The van der Waals surface area contributed by atoms with Crippen LogP contribution in [0.3, 0.4) is 0 Å². The third-order valence-electron chi connectivity index (χ3n) is 4.20. The van der Waals surface area contributed by atoms with Gasteiger partial charge in [0.05, 0.1) is 17.8 Å². The quantitative estimate of drug-likeness (QED) is 0.742. The molecule has 1 aromatic heterocycles. The van der Waals surface area contributed by atoms with Crippen LogP contribution in [0.4, 0.5) is 0 Å². The molecule has 2 aromatic rings. The molecular formula is C20H29N3O. The van der Waals surface area contributed by atoms with Gasteiger partial charge in [-0.1, -0.05) is 38.3 Å². The van der Waals surface area contributed by atoms with E-state index < -0.39 is 0 Å². The Kier molecular flexibility index (Phi) is 6.59. The van der Waals surface area contributed by atoms with Gasteiger partial charge in [-0.2, -0.15) is 5.10 Å². The molecule has 4 heteroatoms. The highest BCUT2D eigenvalue weighted by molar-refractivity contribution is 5.78. The largest absolute Gasteiger partial charge is 0.353 e. The average molecular weight is 327 g/mol. The summed E-state index contributed by atoms with van der Waals surface area (Å²) >= 11 is 0. The first kappa shape index (κ1) is 18.2. The molecule has 0 spiro atoms. The summed E-state index contributed by atoms with van der Waals surface area (Å²) in [7, 11) is 0. The van der Waals surface area contributed by atoms with Crippen molar-refractivity contribution in [3.8, 4) is 5.69 Å². The first-order chi connectivity index (χ1) is 11.5. The van der Waals surface area contributed by atoms with Crippen LogP contribution in [-0.2, 0) is 11.2 Å². The molecule has 0 aliphatic rings. The first-order valence-corrected chi connectivity index (χ1v) is 8.91. The van der Waals surface area contributed by atoms with Crippen molar-refractivity contribution in [3.05, 3.63) is 47.3 Å². The number of nitrogens with zero attached hydrogens (tertiary/aromatic N) is 2. The van der Waals surface area contributed by atoms with Gasteiger partial charge in [0.2, 0.25) is 5.91 Å². The summed E-state index contributed by atoms with van der Waals surface area (Å²) in [6.45, 7) is 8.31. The predicted octanol–water partition coefficient (Wildman–Crippen LogP) is 4.12. The van der Waals surface area contributed by atoms with Gasteiger partial charge in [-0.25, -0.2) is 4.68 Å². The van der Waals surface area contributed by atoms with Crippen LogP contribution >= 0.6 is 0 Å². The van der Waals surface area contributed by atoms with Crippen molar-refractivity contribution < 1.29 is 4.79 Å². The monoisotopic (exact) mass is 327 g/mol. The second-order valence-corrected chi connectivity index (χ2v) is 6.65. The number of nitrogens with one attached hydrogen (secondary N) is 1. The van der Waals surface area contributed by atoms with Crippen molar-refractivity contribution in [3.63, 3.8) is 0 Å². The lowest BCUT2D eigenvalue weighted by Crippen LogP contribution is -2.33. The molecule has 2 rings (SSSR count). The van der Waals surface area contributed by atoms with E-state index in [1.807, 2.05) is 42.8 Å². The number of carbonyl (C=O) groups is 1. The highest BCUT2D eigenvalue weighted by Crippen LogP contribution is 2.13. The lowest BCUT2D eigenvalue weighted by Gasteiger charge is -2.14. The van der Waals surface area contributed by atoms with Crippen molar-refractivity contribution in [2.24, 2.45) is 0 Å². The maximum Gasteiger partial charge on any atom is 0.224 e. The van der Waals surface area contributed by atoms with Crippen LogP contribution in [-0.4, -0.2) is 21.7 Å². The molecule has 0 radical (unpaired) electrons. The zero-order valence-electron chi connectivity index (χ0n) is 15.3. The smallest absolute Gasteiger partial charge is 0.224 e. The molecule has 1 N–H and O–H groups in total. The van der Waals surface area contributed by atoms with Crippen molar-refractivity contribution in [2.45, 2.75) is 65.8 Å². The summed E-state index contributed by atoms with van der Waals surface area (Å²) < 4.78 is 1.93. The van der Waals surface area contributed by atoms with Crippen LogP contribution in [0, 0.1) is 13.8 Å². The third kappa shape index (κ3) is 5.22. The minimum Gasteiger partial charge on any atom is -0.353 e. The Bertz CT molecular complexity index is 658. The van der Waals surface area contributed by atoms with Crippen molar-refractivity contribution in [2.75, 3.05) is 0 Å². The number of aromatic nitrogens is 2. The van der Waals surface area contributed by atoms with Crippen LogP contribution in [0.5, 0.6) is 0 Å². The summed E-state index contributed by atoms with van der Waals surface area (Å²) in [4.78, 5) is 12.1. The number of carbonyl (C=O) groups excluding carboxylic acids is 1. The van der Waals surface area contributed by atoms with E-state index in [1.165, 1.54) is 19.3 Å². The summed E-state index contributed by atoms with van der Waals surface area (Å²) in [5.74, 6) is 0.0952. The van der Waals surface area contributed by atoms with E-state index in [9.17, 15) is 4.79 Å². The van der Waals surface area contributed by atoms with E-state index in [0.717, 1.165) is 29.1 Å². The Morgan fingerprint density at radius 1 is 1.21 bits per heavy atom. The van der Waals surface area contributed by atoms with Crippen molar-refractivity contribution >= 4 is 5.91 Å². The molecule has 24 heavy (non-hydrogen) atoms. The predicted molar refractivity (Wildman–Crippen MR) is 98.5 cm³/mol. The molecule has 0 saturated heterocycles. The van der Waals surface area contributed by atoms with Crippen LogP contribution in [0.25, 0.3) is 5.69 Å². The van der Waals surface area contributed by atoms with Crippen molar-refractivity contribution in [1.82, 2.24) is 15.1 Å². The van der Waals surface area contributed by atoms with Crippen molar-refractivity contribution in [1.29, 1.82) is 0 Å². The van der Waals surface area contributed by atoms with E-state index in [4.69, 9.17) is 0 Å². The van der Waals surface area contributed by atoms with Crippen LogP contribution in [0.2, 0.25) is 0 Å². The number of unbranched alkanes of at least 4 members (excludes halogenated alkanes) is 2. The van der Waals surface area contributed by atoms with Crippen LogP contribution in [0.1, 0.15) is 56.5 Å². The molecule has 1 aromatic carbocycles. The molecule has 0 bridgehead atoms. The molecule has 1 amide bonds. The number of aryl methyl sites for hydroxylation is 2. The molecule has 1 heterocycles. The highest BCUT2D eigenvalue weighted by Gasteiger charge is 2.09. The average Bonchev–Trinajstić information content (AvgIpc) is 2.87. The van der Waals surface area contributed by atoms with E-state index in [1.54, 1.807) is 0 Å². The Hall–Kier alpha value is -2.10. The van der Waals surface area contributed by atoms with Gasteiger partial charge in [0.15, 0.2) is 0 Å². The molecule has 0 unspecified atom stereocenters. The van der Waals surface area contributed by atoms with Gasteiger partial charge < -0.3 is 5.32 Å². The Morgan fingerprint density at radius 3 is 2.50 bits per heavy atom. The SMILES string of the molecule is CCCCC[C@@H](C)NC(=O)Cc1ccc(-n2nc(C)cc2C)cc1. The molecule has 1 atom stereocenters. The van der Waals surface area contributed by atoms with Gasteiger partial charge in [-0.05, 0) is 51.0 Å². The minimum absolute atomic E-state index is 0.0952. The van der Waals surface area contributed by atoms with Gasteiger partial charge in [-0.3, -0.25) is 4.79 Å². The maximum atomic E-state index is 12.1. The molecule has 4 nitrogen and oxygen atoms in total. The Balaban J connectivity index is 1.89. The Labute approximate surface area is 145 Å². The number of rotatable bonds is 8. The summed E-state index contributed by atoms with van der Waals surface area (Å²) in [6, 6.07) is 10.4. The summed E-state index contributed by atoms with van der Waals surface area (Å²) in [5.41, 5.74) is 4.17. The van der Waals surface area contributed by atoms with Gasteiger partial charge >= 0.3 is 0 Å².